The van der Waals surface area contributed by atoms with Crippen molar-refractivity contribution < 1.29 is 4.79 Å². The Balaban J connectivity index is 1.89. The highest BCUT2D eigenvalue weighted by atomic mass is 16.1. The Hall–Kier alpha value is -1.01. The molecule has 3 heteroatoms. The molecular weight excluding hydrogens is 176 g/mol. The highest BCUT2D eigenvalue weighted by Crippen LogP contribution is 2.04. The zero-order valence-electron chi connectivity index (χ0n) is 8.51. The number of unbranched alkanes of at least 4 members (excludes halogenated alkanes) is 2. The first-order valence-corrected chi connectivity index (χ1v) is 5.26. The average Bonchev–Trinajstić information content (AvgIpc) is 2.58. The van der Waals surface area contributed by atoms with Gasteiger partial charge in [-0.1, -0.05) is 0 Å². The summed E-state index contributed by atoms with van der Waals surface area (Å²) in [7, 11) is 0. The molecule has 0 aromatic rings. The summed E-state index contributed by atoms with van der Waals surface area (Å²) in [6, 6.07) is 0.343. The molecule has 78 valence electrons. The van der Waals surface area contributed by atoms with Gasteiger partial charge in [0, 0.05) is 25.4 Å². The molecule has 0 aromatic carbocycles. The van der Waals surface area contributed by atoms with E-state index in [0.717, 1.165) is 38.8 Å². The Labute approximate surface area is 85.6 Å². The van der Waals surface area contributed by atoms with E-state index in [4.69, 9.17) is 6.42 Å². The maximum absolute atomic E-state index is 10.9. The zero-order valence-corrected chi connectivity index (χ0v) is 8.51. The van der Waals surface area contributed by atoms with E-state index in [1.165, 1.54) is 0 Å². The molecule has 0 saturated carbocycles. The van der Waals surface area contributed by atoms with Crippen LogP contribution in [-0.4, -0.2) is 25.0 Å². The van der Waals surface area contributed by atoms with Gasteiger partial charge in [0.25, 0.3) is 0 Å². The van der Waals surface area contributed by atoms with Crippen LogP contribution >= 0.6 is 0 Å². The van der Waals surface area contributed by atoms with Crippen molar-refractivity contribution in [1.82, 2.24) is 10.6 Å². The highest BCUT2D eigenvalue weighted by molar-refractivity contribution is 5.78. The minimum atomic E-state index is 0.184. The van der Waals surface area contributed by atoms with Gasteiger partial charge in [-0.05, 0) is 25.8 Å². The SMILES string of the molecule is C#CCCCCNCC1CCC(=O)N1. The first-order chi connectivity index (χ1) is 6.83. The lowest BCUT2D eigenvalue weighted by molar-refractivity contribution is -0.119. The lowest BCUT2D eigenvalue weighted by atomic mass is 10.2. The number of hydrogen-bond donors (Lipinski definition) is 2. The molecule has 1 saturated heterocycles. The van der Waals surface area contributed by atoms with Crippen LogP contribution in [0.15, 0.2) is 0 Å². The number of carbonyl (C=O) groups excluding carboxylic acids is 1. The fraction of sp³-hybridized carbons (Fsp3) is 0.727. The highest BCUT2D eigenvalue weighted by Gasteiger charge is 2.19. The third-order valence-corrected chi connectivity index (χ3v) is 2.40. The number of carbonyl (C=O) groups is 1. The van der Waals surface area contributed by atoms with E-state index in [1.54, 1.807) is 0 Å². The maximum atomic E-state index is 10.9. The summed E-state index contributed by atoms with van der Waals surface area (Å²) >= 11 is 0. The van der Waals surface area contributed by atoms with Crippen molar-refractivity contribution in [3.63, 3.8) is 0 Å². The monoisotopic (exact) mass is 194 g/mol. The minimum absolute atomic E-state index is 0.184. The van der Waals surface area contributed by atoms with Crippen molar-refractivity contribution >= 4 is 5.91 Å². The van der Waals surface area contributed by atoms with Gasteiger partial charge in [-0.2, -0.15) is 0 Å². The van der Waals surface area contributed by atoms with Crippen molar-refractivity contribution in [2.75, 3.05) is 13.1 Å². The van der Waals surface area contributed by atoms with Gasteiger partial charge in [-0.25, -0.2) is 0 Å². The van der Waals surface area contributed by atoms with Crippen LogP contribution in [0.2, 0.25) is 0 Å². The fourth-order valence-corrected chi connectivity index (χ4v) is 1.58. The van der Waals surface area contributed by atoms with E-state index in [9.17, 15) is 4.79 Å². The average molecular weight is 194 g/mol. The van der Waals surface area contributed by atoms with E-state index in [1.807, 2.05) is 0 Å². The van der Waals surface area contributed by atoms with E-state index in [-0.39, 0.29) is 5.91 Å². The normalized spacial score (nSPS) is 20.5. The fourth-order valence-electron chi connectivity index (χ4n) is 1.58. The minimum Gasteiger partial charge on any atom is -0.352 e. The number of rotatable bonds is 6. The molecule has 1 aliphatic rings. The molecule has 1 amide bonds. The van der Waals surface area contributed by atoms with Crippen LogP contribution in [0, 0.1) is 12.3 Å². The van der Waals surface area contributed by atoms with E-state index < -0.39 is 0 Å². The lowest BCUT2D eigenvalue weighted by Gasteiger charge is -2.10. The molecule has 2 N–H and O–H groups in total. The predicted molar refractivity (Wildman–Crippen MR) is 56.7 cm³/mol. The molecule has 1 rings (SSSR count). The summed E-state index contributed by atoms with van der Waals surface area (Å²) in [5, 5.41) is 6.25. The van der Waals surface area contributed by atoms with Crippen LogP contribution in [0.4, 0.5) is 0 Å². The van der Waals surface area contributed by atoms with Gasteiger partial charge in [-0.3, -0.25) is 4.79 Å². The molecule has 1 unspecified atom stereocenters. The molecule has 3 nitrogen and oxygen atoms in total. The van der Waals surface area contributed by atoms with Gasteiger partial charge in [0.2, 0.25) is 5.91 Å². The molecule has 14 heavy (non-hydrogen) atoms. The molecule has 1 heterocycles. The maximum Gasteiger partial charge on any atom is 0.220 e. The standard InChI is InChI=1S/C11H18N2O/c1-2-3-4-5-8-12-9-10-6-7-11(14)13-10/h1,10,12H,3-9H2,(H,13,14). The second-order valence-electron chi connectivity index (χ2n) is 3.67. The third-order valence-electron chi connectivity index (χ3n) is 2.40. The van der Waals surface area contributed by atoms with Gasteiger partial charge in [0.05, 0.1) is 0 Å². The molecular formula is C11H18N2O. The summed E-state index contributed by atoms with van der Waals surface area (Å²) in [6.07, 6.45) is 9.86. The molecule has 0 spiro atoms. The Kier molecular flexibility index (Phi) is 5.09. The third kappa shape index (κ3) is 4.29. The summed E-state index contributed by atoms with van der Waals surface area (Å²) in [6.45, 7) is 1.88. The summed E-state index contributed by atoms with van der Waals surface area (Å²) in [5.41, 5.74) is 0. The molecule has 0 aromatic heterocycles. The van der Waals surface area contributed by atoms with Crippen LogP contribution in [0.25, 0.3) is 0 Å². The summed E-state index contributed by atoms with van der Waals surface area (Å²) in [5.74, 6) is 2.81. The number of nitrogens with one attached hydrogen (secondary N) is 2. The first-order valence-electron chi connectivity index (χ1n) is 5.26. The number of terminal acetylenes is 1. The molecule has 0 bridgehead atoms. The molecule has 1 atom stereocenters. The quantitative estimate of drug-likeness (QED) is 0.482. The van der Waals surface area contributed by atoms with Crippen molar-refractivity contribution in [1.29, 1.82) is 0 Å². The molecule has 0 aliphatic carbocycles. The van der Waals surface area contributed by atoms with E-state index >= 15 is 0 Å². The van der Waals surface area contributed by atoms with Gasteiger partial charge in [0.1, 0.15) is 0 Å². The van der Waals surface area contributed by atoms with E-state index in [0.29, 0.717) is 12.5 Å². The molecule has 0 radical (unpaired) electrons. The van der Waals surface area contributed by atoms with Crippen LogP contribution in [0.5, 0.6) is 0 Å². The zero-order chi connectivity index (χ0) is 10.2. The van der Waals surface area contributed by atoms with Crippen molar-refractivity contribution in [2.45, 2.75) is 38.1 Å². The topological polar surface area (TPSA) is 41.1 Å². The summed E-state index contributed by atoms with van der Waals surface area (Å²) in [4.78, 5) is 10.9. The van der Waals surface area contributed by atoms with Gasteiger partial charge >= 0.3 is 0 Å². The van der Waals surface area contributed by atoms with Crippen molar-refractivity contribution in [2.24, 2.45) is 0 Å². The second kappa shape index (κ2) is 6.44. The smallest absolute Gasteiger partial charge is 0.220 e. The van der Waals surface area contributed by atoms with Crippen LogP contribution in [-0.2, 0) is 4.79 Å². The molecule has 1 fully saturated rings. The van der Waals surface area contributed by atoms with E-state index in [2.05, 4.69) is 16.6 Å². The number of amides is 1. The van der Waals surface area contributed by atoms with Gasteiger partial charge in [0.15, 0.2) is 0 Å². The van der Waals surface area contributed by atoms with Crippen molar-refractivity contribution in [3.05, 3.63) is 0 Å². The number of hydrogen-bond acceptors (Lipinski definition) is 2. The Morgan fingerprint density at radius 2 is 2.43 bits per heavy atom. The largest absolute Gasteiger partial charge is 0.352 e. The van der Waals surface area contributed by atoms with Crippen LogP contribution in [0.1, 0.15) is 32.1 Å². The Morgan fingerprint density at radius 1 is 1.57 bits per heavy atom. The summed E-state index contributed by atoms with van der Waals surface area (Å²) < 4.78 is 0. The first kappa shape index (κ1) is 11.1. The van der Waals surface area contributed by atoms with Gasteiger partial charge in [-0.15, -0.1) is 12.3 Å². The van der Waals surface area contributed by atoms with Crippen LogP contribution < -0.4 is 10.6 Å². The van der Waals surface area contributed by atoms with Crippen LogP contribution in [0.3, 0.4) is 0 Å². The van der Waals surface area contributed by atoms with Gasteiger partial charge < -0.3 is 10.6 Å². The lowest BCUT2D eigenvalue weighted by Crippen LogP contribution is -2.35. The second-order valence-corrected chi connectivity index (χ2v) is 3.67. The Morgan fingerprint density at radius 3 is 3.07 bits per heavy atom. The molecule has 1 aliphatic heterocycles. The van der Waals surface area contributed by atoms with Crippen molar-refractivity contribution in [3.8, 4) is 12.3 Å². The predicted octanol–water partition coefficient (Wildman–Crippen LogP) is 0.658. The Bertz CT molecular complexity index is 220.